The molecule has 3 heterocycles. The molecule has 14 unspecified atom stereocenters. The number of phenols is 1. The third kappa shape index (κ3) is 22.3. The normalized spacial score (nSPS) is 25.5. The molecule has 14 atom stereocenters. The van der Waals surface area contributed by atoms with Crippen LogP contribution in [0.25, 0.3) is 0 Å². The molecule has 0 amide bonds. The van der Waals surface area contributed by atoms with Crippen LogP contribution in [0.4, 0.5) is 8.78 Å². The van der Waals surface area contributed by atoms with Crippen LogP contribution < -0.4 is 5.11 Å². The standard InChI is InChI=1S/C20H32O2.C18H15S.C15H20O3.C13H18O5.C9H16F2O5S.C6H12O2.C2H4O2.Zn/c1-5-19(3,4)18(21)22-20(6-2)11-14-10-15(20)17-13-8-7-12(9-13)16(14)17;1-4-10-16(11-5-1)19(17-12-6-2-7-13-17)18-14-8-3-9-15-18;1-4-15(2,3)14(17)18-13-8-10-5-6-12(16)7-11(10)9-13;1-4-13(2,3)12(15)18-9-7-5-6-8(16-7)10(9)17-11(6)14;1-5-8(3,4)7(12)16-6(2)9(10,11)17(13,14)15;1-4-6(2,3)5(7)8;1-2(3)4;/h12-17H,5-11H2,1-4H3;1-15H;5-7,13,16H,4,8-9H2,1-3H3;6-10H,4-5H2,1-3H3;6H,5H2,1-4H3,(H,13,14,15);4H2,1-3H3,(H,7,8);1H3,(H,3,4);/q;+1;;;;;;+2/p-2. The summed E-state index contributed by atoms with van der Waals surface area (Å²) in [5, 5.41) is 22.1. The van der Waals surface area contributed by atoms with E-state index in [1.165, 1.54) is 59.8 Å². The maximum atomic E-state index is 13.0. The Morgan fingerprint density at radius 2 is 1.06 bits per heavy atom. The monoisotopic (exact) mass is 1580 g/mol. The first kappa shape index (κ1) is 91.3. The number of rotatable bonds is 20. The number of alkyl halides is 2. The molecular formula is C83H115F2O19S2Zn+. The fraction of sp³-hybridized carbons (Fsp3) is 0.627. The Kier molecular flexibility index (Phi) is 32.1. The van der Waals surface area contributed by atoms with Gasteiger partial charge in [0.05, 0.1) is 50.0 Å². The van der Waals surface area contributed by atoms with E-state index in [-0.39, 0.29) is 95.2 Å². The number of hydrogen-bond donors (Lipinski definition) is 2. The molecule has 0 aromatic heterocycles. The predicted molar refractivity (Wildman–Crippen MR) is 395 cm³/mol. The molecule has 12 rings (SSSR count). The zero-order valence-corrected chi connectivity index (χ0v) is 70.5. The van der Waals surface area contributed by atoms with Gasteiger partial charge in [0.2, 0.25) is 0 Å². The Morgan fingerprint density at radius 3 is 1.50 bits per heavy atom. The summed E-state index contributed by atoms with van der Waals surface area (Å²) in [6.07, 6.45) is 9.76. The largest absolute Gasteiger partial charge is 2.00 e. The van der Waals surface area contributed by atoms with E-state index < -0.39 is 73.3 Å². The number of benzene rings is 4. The topological polar surface area (TPSA) is 296 Å². The minimum atomic E-state index is -5.86. The Balaban J connectivity index is 0.000000231. The molecule has 3 saturated heterocycles. The molecule has 19 nitrogen and oxygen atoms in total. The van der Waals surface area contributed by atoms with Gasteiger partial charge in [0.25, 0.3) is 0 Å². The second-order valence-corrected chi connectivity index (χ2v) is 36.0. The van der Waals surface area contributed by atoms with Crippen molar-refractivity contribution in [2.45, 2.75) is 277 Å². The molecule has 7 fully saturated rings. The number of ether oxygens (including phenoxy) is 6. The quantitative estimate of drug-likeness (QED) is 0.0207. The SMILES string of the molecule is CC(=O)[O-].CCC(C)(C)C(=O)O.CCC(C)(C)C(=O)OC(C)C(F)(F)S(=O)(=O)[O-].CCC(C)(C)C(=O)OC1(CC)CC2CC1C1C3CCC(C3)C21.CCC(C)(C)C(=O)OC1C2CC3C(=O)OC1C3O2.CCC(C)(C)C(=O)OC1Cc2ccc(O)cc2C1.[Zn+2].c1ccc([S+](c2ccccc2)c2ccccc2)cc1. The fourth-order valence-corrected chi connectivity index (χ4v) is 17.2. The van der Waals surface area contributed by atoms with Crippen LogP contribution in [-0.4, -0.2) is 112 Å². The summed E-state index contributed by atoms with van der Waals surface area (Å²) in [7, 11) is -5.87. The van der Waals surface area contributed by atoms with Crippen molar-refractivity contribution in [2.75, 3.05) is 0 Å². The van der Waals surface area contributed by atoms with E-state index >= 15 is 0 Å². The van der Waals surface area contributed by atoms with Crippen LogP contribution in [-0.2, 0) is 115 Å². The van der Waals surface area contributed by atoms with Crippen LogP contribution in [0, 0.1) is 68.5 Å². The van der Waals surface area contributed by atoms with Crippen molar-refractivity contribution < 1.29 is 119 Å². The first-order valence-corrected chi connectivity index (χ1v) is 40.1. The van der Waals surface area contributed by atoms with Crippen LogP contribution in [0.15, 0.2) is 124 Å². The van der Waals surface area contributed by atoms with E-state index in [4.69, 9.17) is 38.7 Å². The summed E-state index contributed by atoms with van der Waals surface area (Å²) in [6, 6.07) is 37.5. The van der Waals surface area contributed by atoms with E-state index in [1.54, 1.807) is 32.9 Å². The summed E-state index contributed by atoms with van der Waals surface area (Å²) >= 11 is 0. The van der Waals surface area contributed by atoms with Crippen molar-refractivity contribution in [3.63, 3.8) is 0 Å². The number of fused-ring (bicyclic) bond motifs is 11. The third-order valence-electron chi connectivity index (χ3n) is 23.4. The zero-order chi connectivity index (χ0) is 79.5. The molecule has 107 heavy (non-hydrogen) atoms. The number of carboxylic acid groups (broad SMARTS) is 2. The van der Waals surface area contributed by atoms with Crippen LogP contribution in [0.3, 0.4) is 0 Å². The summed E-state index contributed by atoms with van der Waals surface area (Å²) in [5.41, 5.74) is -0.697. The molecule has 6 bridgehead atoms. The van der Waals surface area contributed by atoms with Gasteiger partial charge < -0.3 is 53.1 Å². The number of halogens is 2. The van der Waals surface area contributed by atoms with Gasteiger partial charge in [-0.05, 0) is 249 Å². The maximum Gasteiger partial charge on any atom is 2.00 e. The minimum absolute atomic E-state index is 0. The van der Waals surface area contributed by atoms with Gasteiger partial charge in [0.1, 0.15) is 23.6 Å². The van der Waals surface area contributed by atoms with E-state index in [1.807, 2.05) is 68.4 Å². The van der Waals surface area contributed by atoms with E-state index in [0.717, 1.165) is 74.2 Å². The van der Waals surface area contributed by atoms with Gasteiger partial charge in [-0.2, -0.15) is 8.78 Å². The number of phenolic OH excluding ortho intramolecular Hbond substituents is 1. The van der Waals surface area contributed by atoms with Gasteiger partial charge in [-0.3, -0.25) is 28.8 Å². The van der Waals surface area contributed by atoms with Gasteiger partial charge in [-0.15, -0.1) is 0 Å². The molecule has 2 N–H and O–H groups in total. The fourth-order valence-electron chi connectivity index (χ4n) is 14.6. The number of esters is 5. The number of aliphatic carboxylic acids is 2. The third-order valence-corrected chi connectivity index (χ3v) is 26.6. The van der Waals surface area contributed by atoms with E-state index in [2.05, 4.69) is 110 Å². The van der Waals surface area contributed by atoms with Crippen molar-refractivity contribution in [3.05, 3.63) is 120 Å². The van der Waals surface area contributed by atoms with Gasteiger partial charge in [-0.25, -0.2) is 8.42 Å². The van der Waals surface area contributed by atoms with Crippen molar-refractivity contribution in [3.8, 4) is 5.75 Å². The number of hydrogen-bond acceptors (Lipinski definition) is 18. The molecule has 8 aliphatic rings. The zero-order valence-electron chi connectivity index (χ0n) is 65.9. The van der Waals surface area contributed by atoms with Crippen molar-refractivity contribution >= 4 is 62.8 Å². The van der Waals surface area contributed by atoms with Gasteiger partial charge >= 0.3 is 60.5 Å². The van der Waals surface area contributed by atoms with Gasteiger partial charge in [-0.1, -0.05) is 102 Å². The summed E-state index contributed by atoms with van der Waals surface area (Å²) in [6.45, 7) is 31.4. The Morgan fingerprint density at radius 1 is 0.617 bits per heavy atom. The second-order valence-electron chi connectivity index (χ2n) is 32.5. The van der Waals surface area contributed by atoms with Gasteiger partial charge in [0, 0.05) is 24.7 Å². The molecule has 4 aromatic carbocycles. The molecule has 0 radical (unpaired) electrons. The van der Waals surface area contributed by atoms with Crippen molar-refractivity contribution in [1.29, 1.82) is 0 Å². The first-order valence-electron chi connectivity index (χ1n) is 37.5. The number of carbonyl (C=O) groups is 7. The Labute approximate surface area is 648 Å². The molecule has 4 saturated carbocycles. The second kappa shape index (κ2) is 37.6. The van der Waals surface area contributed by atoms with Crippen molar-refractivity contribution in [2.24, 2.45) is 68.5 Å². The summed E-state index contributed by atoms with van der Waals surface area (Å²) in [5.74, 6) is 2.16. The first-order chi connectivity index (χ1) is 49.3. The van der Waals surface area contributed by atoms with Crippen LogP contribution in [0.1, 0.15) is 213 Å². The Bertz CT molecular complexity index is 3660. The van der Waals surface area contributed by atoms with Crippen LogP contribution >= 0.6 is 0 Å². The average molecular weight is 1580 g/mol. The number of carbonyl (C=O) groups excluding carboxylic acids is 6. The van der Waals surface area contributed by atoms with E-state index in [9.17, 15) is 55.6 Å². The molecular weight excluding hydrogens is 1470 g/mol. The van der Waals surface area contributed by atoms with Gasteiger partial charge in [0.15, 0.2) is 43.1 Å². The molecule has 4 aromatic rings. The predicted octanol–water partition coefficient (Wildman–Crippen LogP) is 15.2. The Hall–Kier alpha value is -6.33. The van der Waals surface area contributed by atoms with Crippen LogP contribution in [0.5, 0.6) is 5.75 Å². The number of aromatic hydroxyl groups is 1. The maximum absolute atomic E-state index is 13.0. The summed E-state index contributed by atoms with van der Waals surface area (Å²) in [4.78, 5) is 83.0. The molecule has 3 aliphatic heterocycles. The smallest absolute Gasteiger partial charge is 0.743 e. The van der Waals surface area contributed by atoms with Crippen LogP contribution in [0.2, 0.25) is 0 Å². The molecule has 588 valence electrons. The molecule has 5 aliphatic carbocycles. The van der Waals surface area contributed by atoms with E-state index in [0.29, 0.717) is 44.9 Å². The van der Waals surface area contributed by atoms with Crippen molar-refractivity contribution in [1.82, 2.24) is 0 Å². The minimum Gasteiger partial charge on any atom is -0.743 e. The number of carboxylic acids is 2. The summed E-state index contributed by atoms with van der Waals surface area (Å²) < 4.78 is 89.6. The molecule has 0 spiro atoms. The average Bonchev–Trinajstić information content (AvgIpc) is 1.54. The molecule has 24 heteroatoms.